The lowest BCUT2D eigenvalue weighted by Crippen LogP contribution is -2.24. The van der Waals surface area contributed by atoms with E-state index in [0.717, 1.165) is 48.9 Å². The zero-order chi connectivity index (χ0) is 14.4. The second kappa shape index (κ2) is 5.34. The summed E-state index contributed by atoms with van der Waals surface area (Å²) in [5.41, 5.74) is 1.35. The summed E-state index contributed by atoms with van der Waals surface area (Å²) in [5.74, 6) is 0. The number of nitrogens with zero attached hydrogens (tertiary/aromatic N) is 1. The van der Waals surface area contributed by atoms with E-state index >= 15 is 0 Å². The molecule has 1 N–H and O–H groups in total. The van der Waals surface area contributed by atoms with Crippen LogP contribution in [0.2, 0.25) is 0 Å². The van der Waals surface area contributed by atoms with E-state index in [9.17, 15) is 4.79 Å². The number of thiophene rings is 1. The van der Waals surface area contributed by atoms with Gasteiger partial charge in [0.1, 0.15) is 4.83 Å². The molecule has 1 atom stereocenters. The van der Waals surface area contributed by atoms with Crippen molar-refractivity contribution < 1.29 is 4.74 Å². The molecule has 21 heavy (non-hydrogen) atoms. The van der Waals surface area contributed by atoms with E-state index < -0.39 is 0 Å². The third-order valence-corrected chi connectivity index (χ3v) is 6.07. The number of rotatable bonds is 3. The molecule has 112 valence electrons. The van der Waals surface area contributed by atoms with Crippen molar-refractivity contribution in [3.8, 4) is 0 Å². The van der Waals surface area contributed by atoms with Gasteiger partial charge in [-0.05, 0) is 56.3 Å². The quantitative estimate of drug-likeness (QED) is 0.883. The normalized spacial score (nSPS) is 21.2. The van der Waals surface area contributed by atoms with Crippen molar-refractivity contribution in [2.24, 2.45) is 0 Å². The van der Waals surface area contributed by atoms with E-state index in [2.05, 4.69) is 4.98 Å². The summed E-state index contributed by atoms with van der Waals surface area (Å²) >= 11 is 7.09. The molecular weight excluding hydrogens is 304 g/mol. The number of ether oxygens (including phenoxy) is 1. The average molecular weight is 322 g/mol. The number of hydrogen-bond acceptors (Lipinski definition) is 4. The molecule has 4 rings (SSSR count). The minimum Gasteiger partial charge on any atom is -0.378 e. The van der Waals surface area contributed by atoms with Gasteiger partial charge in [0.25, 0.3) is 5.56 Å². The first kappa shape index (κ1) is 13.7. The van der Waals surface area contributed by atoms with Crippen LogP contribution in [0.1, 0.15) is 36.1 Å². The number of fused-ring (bicyclic) bond motifs is 3. The van der Waals surface area contributed by atoms with Crippen molar-refractivity contribution in [2.75, 3.05) is 6.61 Å². The Labute approximate surface area is 131 Å². The smallest absolute Gasteiger partial charge is 0.263 e. The number of aromatic amines is 1. The second-order valence-corrected chi connectivity index (χ2v) is 7.36. The lowest BCUT2D eigenvalue weighted by Gasteiger charge is -2.11. The Hall–Kier alpha value is -0.980. The van der Waals surface area contributed by atoms with Gasteiger partial charge in [-0.15, -0.1) is 11.3 Å². The molecule has 0 saturated carbocycles. The fraction of sp³-hybridized carbons (Fsp3) is 0.600. The summed E-state index contributed by atoms with van der Waals surface area (Å²) in [6.07, 6.45) is 6.68. The summed E-state index contributed by atoms with van der Waals surface area (Å²) in [5, 5.41) is 0.883. The summed E-state index contributed by atoms with van der Waals surface area (Å²) in [7, 11) is 0. The summed E-state index contributed by atoms with van der Waals surface area (Å²) < 4.78 is 7.92. The summed E-state index contributed by atoms with van der Waals surface area (Å²) in [6.45, 7) is 1.50. The highest BCUT2D eigenvalue weighted by Gasteiger charge is 2.22. The summed E-state index contributed by atoms with van der Waals surface area (Å²) in [6, 6.07) is 0. The van der Waals surface area contributed by atoms with Gasteiger partial charge in [-0.1, -0.05) is 0 Å². The standard InChI is InChI=1S/C15H18N2O2S2/c18-14-12-10-4-1-5-11(10)21-13(12)16-15(20)17(14)7-6-9-3-2-8-19-9/h9H,1-8H2,(H,16,20). The molecule has 0 aromatic carbocycles. The molecule has 2 aliphatic rings. The maximum atomic E-state index is 12.8. The SMILES string of the molecule is O=c1c2c3c(sc2[nH]c(=S)n1CCC1CCCO1)CCC3. The molecule has 2 aromatic heterocycles. The first-order valence-corrected chi connectivity index (χ1v) is 8.85. The molecule has 1 unspecified atom stereocenters. The number of aryl methyl sites for hydroxylation is 2. The van der Waals surface area contributed by atoms with E-state index in [1.54, 1.807) is 15.9 Å². The van der Waals surface area contributed by atoms with Gasteiger partial charge in [-0.25, -0.2) is 0 Å². The van der Waals surface area contributed by atoms with Crippen LogP contribution >= 0.6 is 23.6 Å². The highest BCUT2D eigenvalue weighted by molar-refractivity contribution is 7.71. The van der Waals surface area contributed by atoms with Crippen molar-refractivity contribution >= 4 is 33.8 Å². The van der Waals surface area contributed by atoms with Crippen LogP contribution in [0.5, 0.6) is 0 Å². The van der Waals surface area contributed by atoms with E-state index in [1.165, 1.54) is 16.9 Å². The zero-order valence-corrected chi connectivity index (χ0v) is 13.4. The van der Waals surface area contributed by atoms with E-state index in [-0.39, 0.29) is 11.7 Å². The lowest BCUT2D eigenvalue weighted by molar-refractivity contribution is 0.0999. The summed E-state index contributed by atoms with van der Waals surface area (Å²) in [4.78, 5) is 18.4. The van der Waals surface area contributed by atoms with Gasteiger partial charge < -0.3 is 9.72 Å². The van der Waals surface area contributed by atoms with Gasteiger partial charge in [0.05, 0.1) is 11.5 Å². The first-order chi connectivity index (χ1) is 10.2. The highest BCUT2D eigenvalue weighted by atomic mass is 32.1. The molecule has 1 fully saturated rings. The van der Waals surface area contributed by atoms with E-state index in [0.29, 0.717) is 11.3 Å². The highest BCUT2D eigenvalue weighted by Crippen LogP contribution is 2.34. The van der Waals surface area contributed by atoms with Crippen LogP contribution < -0.4 is 5.56 Å². The van der Waals surface area contributed by atoms with Gasteiger partial charge in [0.2, 0.25) is 0 Å². The van der Waals surface area contributed by atoms with Crippen LogP contribution in [-0.4, -0.2) is 22.3 Å². The lowest BCUT2D eigenvalue weighted by atomic mass is 10.2. The minimum atomic E-state index is 0.0890. The fourth-order valence-corrected chi connectivity index (χ4v) is 5.08. The van der Waals surface area contributed by atoms with Crippen LogP contribution in [0.4, 0.5) is 0 Å². The largest absolute Gasteiger partial charge is 0.378 e. The Morgan fingerprint density at radius 3 is 3.10 bits per heavy atom. The number of H-pyrrole nitrogens is 1. The Kier molecular flexibility index (Phi) is 3.47. The molecule has 2 aromatic rings. The molecule has 0 bridgehead atoms. The Bertz CT molecular complexity index is 796. The van der Waals surface area contributed by atoms with Crippen molar-refractivity contribution in [3.63, 3.8) is 0 Å². The molecular formula is C15H18N2O2S2. The molecule has 1 aliphatic heterocycles. The van der Waals surface area contributed by atoms with Crippen molar-refractivity contribution in [1.29, 1.82) is 0 Å². The van der Waals surface area contributed by atoms with Crippen molar-refractivity contribution in [2.45, 2.75) is 51.2 Å². The van der Waals surface area contributed by atoms with Crippen molar-refractivity contribution in [3.05, 3.63) is 25.6 Å². The van der Waals surface area contributed by atoms with Gasteiger partial charge in [0, 0.05) is 18.0 Å². The topological polar surface area (TPSA) is 47.0 Å². The van der Waals surface area contributed by atoms with Gasteiger partial charge in [0.15, 0.2) is 4.77 Å². The Morgan fingerprint density at radius 2 is 2.29 bits per heavy atom. The average Bonchev–Trinajstić information content (AvgIpc) is 3.13. The first-order valence-electron chi connectivity index (χ1n) is 7.63. The monoisotopic (exact) mass is 322 g/mol. The third kappa shape index (κ3) is 2.29. The van der Waals surface area contributed by atoms with E-state index in [1.807, 2.05) is 0 Å². The van der Waals surface area contributed by atoms with Crippen LogP contribution in [0.25, 0.3) is 10.2 Å². The van der Waals surface area contributed by atoms with Crippen LogP contribution in [0.3, 0.4) is 0 Å². The van der Waals surface area contributed by atoms with Gasteiger partial charge in [-0.3, -0.25) is 9.36 Å². The zero-order valence-electron chi connectivity index (χ0n) is 11.8. The molecule has 4 nitrogen and oxygen atoms in total. The molecule has 3 heterocycles. The molecule has 0 amide bonds. The molecule has 1 aliphatic carbocycles. The fourth-order valence-electron chi connectivity index (χ4n) is 3.46. The molecule has 1 saturated heterocycles. The van der Waals surface area contributed by atoms with Crippen LogP contribution in [0, 0.1) is 4.77 Å². The van der Waals surface area contributed by atoms with Gasteiger partial charge in [-0.2, -0.15) is 0 Å². The van der Waals surface area contributed by atoms with E-state index in [4.69, 9.17) is 17.0 Å². The third-order valence-electron chi connectivity index (χ3n) is 4.54. The predicted octanol–water partition coefficient (Wildman–Crippen LogP) is 3.18. The second-order valence-electron chi connectivity index (χ2n) is 5.87. The Balaban J connectivity index is 1.74. The maximum absolute atomic E-state index is 12.8. The van der Waals surface area contributed by atoms with Crippen LogP contribution in [0.15, 0.2) is 4.79 Å². The number of nitrogens with one attached hydrogen (secondary N) is 1. The Morgan fingerprint density at radius 1 is 1.38 bits per heavy atom. The number of hydrogen-bond donors (Lipinski definition) is 1. The predicted molar refractivity (Wildman–Crippen MR) is 86.9 cm³/mol. The number of aromatic nitrogens is 2. The van der Waals surface area contributed by atoms with Crippen molar-refractivity contribution in [1.82, 2.24) is 9.55 Å². The van der Waals surface area contributed by atoms with Gasteiger partial charge >= 0.3 is 0 Å². The minimum absolute atomic E-state index is 0.0890. The van der Waals surface area contributed by atoms with Crippen LogP contribution in [-0.2, 0) is 24.1 Å². The molecule has 6 heteroatoms. The maximum Gasteiger partial charge on any atom is 0.263 e. The molecule has 0 radical (unpaired) electrons. The molecule has 0 spiro atoms.